The second kappa shape index (κ2) is 7.90. The van der Waals surface area contributed by atoms with Crippen LogP contribution >= 0.6 is 11.3 Å². The number of hydrogen-bond acceptors (Lipinski definition) is 7. The lowest BCUT2D eigenvalue weighted by atomic mass is 9.88. The molecule has 0 radical (unpaired) electrons. The van der Waals surface area contributed by atoms with Gasteiger partial charge in [0.15, 0.2) is 5.13 Å². The first-order valence-electron chi connectivity index (χ1n) is 10.8. The van der Waals surface area contributed by atoms with E-state index in [0.717, 1.165) is 45.4 Å². The standard InChI is InChI=1S/C23H27N5O3S/c1-14-8-19-18(9-16(14)15-11-25-27(12-15)4-6-29)28(5-7-31-19)22-26-17-10-23(2,3)13-24-21(30)20(17)32-22/h8-9,11-12,29H,4-7,10,13H2,1-3H3,(H,24,30). The van der Waals surface area contributed by atoms with Gasteiger partial charge in [0.25, 0.3) is 5.91 Å². The van der Waals surface area contributed by atoms with E-state index in [1.165, 1.54) is 11.3 Å². The molecule has 2 N–H and O–H groups in total. The van der Waals surface area contributed by atoms with Crippen molar-refractivity contribution >= 4 is 28.1 Å². The van der Waals surface area contributed by atoms with Crippen molar-refractivity contribution in [1.82, 2.24) is 20.1 Å². The fraction of sp³-hybridized carbons (Fsp3) is 0.435. The molecule has 2 aromatic heterocycles. The Balaban J connectivity index is 1.55. The highest BCUT2D eigenvalue weighted by Gasteiger charge is 2.32. The second-order valence-corrected chi connectivity index (χ2v) is 10.1. The molecule has 3 aromatic rings. The molecule has 0 spiro atoms. The van der Waals surface area contributed by atoms with Crippen LogP contribution in [0.3, 0.4) is 0 Å². The number of nitrogens with one attached hydrogen (secondary N) is 1. The third-order valence-electron chi connectivity index (χ3n) is 5.94. The molecule has 0 aliphatic carbocycles. The molecule has 8 nitrogen and oxygen atoms in total. The van der Waals surface area contributed by atoms with Crippen LogP contribution < -0.4 is 15.0 Å². The van der Waals surface area contributed by atoms with E-state index in [0.29, 0.717) is 31.1 Å². The van der Waals surface area contributed by atoms with Gasteiger partial charge < -0.3 is 20.1 Å². The summed E-state index contributed by atoms with van der Waals surface area (Å²) in [5.74, 6) is 0.777. The Morgan fingerprint density at radius 3 is 3.00 bits per heavy atom. The molecule has 9 heteroatoms. The quantitative estimate of drug-likeness (QED) is 0.631. The Bertz CT molecular complexity index is 1180. The summed E-state index contributed by atoms with van der Waals surface area (Å²) in [6.45, 7) is 8.73. The number of thiazole rings is 1. The summed E-state index contributed by atoms with van der Waals surface area (Å²) in [6, 6.07) is 4.16. The van der Waals surface area contributed by atoms with Crippen LogP contribution in [0.1, 0.15) is 34.8 Å². The maximum absolute atomic E-state index is 12.7. The molecule has 168 valence electrons. The van der Waals surface area contributed by atoms with Crippen molar-refractivity contribution in [3.63, 3.8) is 0 Å². The van der Waals surface area contributed by atoms with Crippen molar-refractivity contribution in [2.24, 2.45) is 5.41 Å². The van der Waals surface area contributed by atoms with E-state index in [9.17, 15) is 9.90 Å². The number of aryl methyl sites for hydroxylation is 1. The molecule has 0 saturated heterocycles. The number of benzene rings is 1. The highest BCUT2D eigenvalue weighted by Crippen LogP contribution is 2.43. The van der Waals surface area contributed by atoms with Gasteiger partial charge in [0.2, 0.25) is 0 Å². The van der Waals surface area contributed by atoms with Gasteiger partial charge in [0, 0.05) is 18.3 Å². The summed E-state index contributed by atoms with van der Waals surface area (Å²) < 4.78 is 7.71. The molecular weight excluding hydrogens is 426 g/mol. The van der Waals surface area contributed by atoms with Gasteiger partial charge in [0.05, 0.1) is 37.3 Å². The smallest absolute Gasteiger partial charge is 0.263 e. The summed E-state index contributed by atoms with van der Waals surface area (Å²) in [6.07, 6.45) is 4.52. The molecule has 5 rings (SSSR count). The fourth-order valence-corrected chi connectivity index (χ4v) is 5.31. The number of aliphatic hydroxyl groups excluding tert-OH is 1. The molecule has 0 unspecified atom stereocenters. The highest BCUT2D eigenvalue weighted by atomic mass is 32.1. The monoisotopic (exact) mass is 453 g/mol. The van der Waals surface area contributed by atoms with Crippen molar-refractivity contribution in [2.75, 3.05) is 31.2 Å². The lowest BCUT2D eigenvalue weighted by molar-refractivity contribution is 0.0948. The van der Waals surface area contributed by atoms with Crippen LogP contribution in [0.25, 0.3) is 11.1 Å². The Morgan fingerprint density at radius 1 is 1.34 bits per heavy atom. The highest BCUT2D eigenvalue weighted by molar-refractivity contribution is 7.17. The average Bonchev–Trinajstić information content (AvgIpc) is 3.36. The van der Waals surface area contributed by atoms with Gasteiger partial charge in [-0.2, -0.15) is 5.10 Å². The minimum absolute atomic E-state index is 0.0336. The summed E-state index contributed by atoms with van der Waals surface area (Å²) in [7, 11) is 0. The topological polar surface area (TPSA) is 92.5 Å². The zero-order chi connectivity index (χ0) is 22.5. The maximum Gasteiger partial charge on any atom is 0.263 e. The zero-order valence-electron chi connectivity index (χ0n) is 18.5. The number of ether oxygens (including phenoxy) is 1. The van der Waals surface area contributed by atoms with E-state index in [4.69, 9.17) is 9.72 Å². The minimum Gasteiger partial charge on any atom is -0.490 e. The number of aromatic nitrogens is 3. The van der Waals surface area contributed by atoms with Gasteiger partial charge in [-0.3, -0.25) is 9.48 Å². The maximum atomic E-state index is 12.7. The van der Waals surface area contributed by atoms with E-state index in [-0.39, 0.29) is 17.9 Å². The van der Waals surface area contributed by atoms with E-state index < -0.39 is 0 Å². The number of hydrogen-bond donors (Lipinski definition) is 2. The summed E-state index contributed by atoms with van der Waals surface area (Å²) in [5, 5.41) is 17.4. The fourth-order valence-electron chi connectivity index (χ4n) is 4.27. The molecular formula is C23H27N5O3S. The number of carbonyl (C=O) groups excluding carboxylic acids is 1. The molecule has 0 atom stereocenters. The molecule has 32 heavy (non-hydrogen) atoms. The summed E-state index contributed by atoms with van der Waals surface area (Å²) >= 11 is 1.45. The van der Waals surface area contributed by atoms with Crippen LogP contribution in [0.4, 0.5) is 10.8 Å². The van der Waals surface area contributed by atoms with E-state index in [1.54, 1.807) is 4.68 Å². The van der Waals surface area contributed by atoms with Crippen molar-refractivity contribution in [3.05, 3.63) is 40.7 Å². The van der Waals surface area contributed by atoms with Crippen LogP contribution in [-0.2, 0) is 13.0 Å². The first-order chi connectivity index (χ1) is 15.3. The largest absolute Gasteiger partial charge is 0.490 e. The van der Waals surface area contributed by atoms with Crippen LogP contribution in [0.15, 0.2) is 24.5 Å². The third kappa shape index (κ3) is 3.75. The Kier molecular flexibility index (Phi) is 5.17. The predicted octanol–water partition coefficient (Wildman–Crippen LogP) is 3.15. The van der Waals surface area contributed by atoms with Gasteiger partial charge in [-0.25, -0.2) is 4.98 Å². The number of aliphatic hydroxyl groups is 1. The molecule has 1 aromatic carbocycles. The SMILES string of the molecule is Cc1cc2c(cc1-c1cnn(CCO)c1)N(c1nc3c(s1)C(=O)NCC(C)(C)C3)CCO2. The van der Waals surface area contributed by atoms with Gasteiger partial charge in [-0.05, 0) is 42.0 Å². The molecule has 1 amide bonds. The van der Waals surface area contributed by atoms with Gasteiger partial charge in [-0.1, -0.05) is 25.2 Å². The molecule has 0 saturated carbocycles. The van der Waals surface area contributed by atoms with Crippen molar-refractivity contribution in [3.8, 4) is 16.9 Å². The predicted molar refractivity (Wildman–Crippen MR) is 124 cm³/mol. The van der Waals surface area contributed by atoms with Crippen LogP contribution in [0.5, 0.6) is 5.75 Å². The Hall–Kier alpha value is -2.91. The number of rotatable bonds is 4. The van der Waals surface area contributed by atoms with Crippen molar-refractivity contribution < 1.29 is 14.6 Å². The van der Waals surface area contributed by atoms with Crippen molar-refractivity contribution in [1.29, 1.82) is 0 Å². The first-order valence-corrected chi connectivity index (χ1v) is 11.6. The average molecular weight is 454 g/mol. The molecule has 0 bridgehead atoms. The molecule has 4 heterocycles. The second-order valence-electron chi connectivity index (χ2n) is 9.15. The number of carbonyl (C=O) groups is 1. The zero-order valence-corrected chi connectivity index (χ0v) is 19.3. The number of amides is 1. The first kappa shape index (κ1) is 21.0. The number of fused-ring (bicyclic) bond motifs is 2. The lowest BCUT2D eigenvalue weighted by Crippen LogP contribution is -2.32. The molecule has 2 aliphatic heterocycles. The lowest BCUT2D eigenvalue weighted by Gasteiger charge is -2.30. The van der Waals surface area contributed by atoms with E-state index in [2.05, 4.69) is 48.2 Å². The van der Waals surface area contributed by atoms with E-state index >= 15 is 0 Å². The van der Waals surface area contributed by atoms with Crippen LogP contribution in [-0.4, -0.2) is 52.1 Å². The Labute approximate surface area is 190 Å². The summed E-state index contributed by atoms with van der Waals surface area (Å²) in [4.78, 5) is 20.4. The molecule has 0 fully saturated rings. The number of nitrogens with zero attached hydrogens (tertiary/aromatic N) is 4. The van der Waals surface area contributed by atoms with Gasteiger partial charge >= 0.3 is 0 Å². The van der Waals surface area contributed by atoms with E-state index in [1.807, 2.05) is 12.4 Å². The number of anilines is 2. The third-order valence-corrected chi connectivity index (χ3v) is 7.06. The minimum atomic E-state index is -0.0382. The summed E-state index contributed by atoms with van der Waals surface area (Å²) in [5.41, 5.74) is 4.91. The normalized spacial score (nSPS) is 17.2. The van der Waals surface area contributed by atoms with Crippen LogP contribution in [0, 0.1) is 12.3 Å². The van der Waals surface area contributed by atoms with Crippen molar-refractivity contribution in [2.45, 2.75) is 33.7 Å². The van der Waals surface area contributed by atoms with Crippen LogP contribution in [0.2, 0.25) is 0 Å². The van der Waals surface area contributed by atoms with Gasteiger partial charge in [0.1, 0.15) is 17.2 Å². The molecule has 2 aliphatic rings. The Morgan fingerprint density at radius 2 is 2.19 bits per heavy atom. The van der Waals surface area contributed by atoms with Gasteiger partial charge in [-0.15, -0.1) is 0 Å².